The molecule has 8 heteroatoms. The zero-order chi connectivity index (χ0) is 14.9. The molecule has 0 saturated heterocycles. The number of anilines is 1. The third kappa shape index (κ3) is 3.11. The number of sulfonamides is 1. The van der Waals surface area contributed by atoms with E-state index >= 15 is 0 Å². The summed E-state index contributed by atoms with van der Waals surface area (Å²) < 4.78 is 52.9. The van der Waals surface area contributed by atoms with Crippen LogP contribution >= 0.6 is 27.5 Å². The maximum atomic E-state index is 13.7. The average Bonchev–Trinajstić information content (AvgIpc) is 2.30. The number of halogens is 4. The number of hydrogen-bond acceptors (Lipinski definition) is 2. The molecule has 0 atom stereocenters. The van der Waals surface area contributed by atoms with Crippen molar-refractivity contribution >= 4 is 43.2 Å². The van der Waals surface area contributed by atoms with Gasteiger partial charge in [-0.05, 0) is 34.1 Å². The first-order valence-corrected chi connectivity index (χ1v) is 7.88. The number of rotatable bonds is 3. The van der Waals surface area contributed by atoms with E-state index in [1.807, 2.05) is 0 Å². The highest BCUT2D eigenvalue weighted by molar-refractivity contribution is 9.10. The van der Waals surface area contributed by atoms with Crippen molar-refractivity contribution in [3.63, 3.8) is 0 Å². The minimum Gasteiger partial charge on any atom is -0.278 e. The standard InChI is InChI=1S/C12H7BrClF2NO2S/c13-8-5-7(15)6-10(16)12(8)20(18,19)17-11-4-2-1-3-9(11)14/h1-6,17H. The van der Waals surface area contributed by atoms with Gasteiger partial charge in [0.15, 0.2) is 0 Å². The summed E-state index contributed by atoms with van der Waals surface area (Å²) in [5, 5.41) is 0.162. The van der Waals surface area contributed by atoms with E-state index in [2.05, 4.69) is 20.7 Å². The molecular formula is C12H7BrClF2NO2S. The lowest BCUT2D eigenvalue weighted by molar-refractivity contribution is 0.548. The van der Waals surface area contributed by atoms with Gasteiger partial charge in [-0.1, -0.05) is 23.7 Å². The highest BCUT2D eigenvalue weighted by atomic mass is 79.9. The van der Waals surface area contributed by atoms with E-state index in [9.17, 15) is 17.2 Å². The zero-order valence-corrected chi connectivity index (χ0v) is 12.9. The Kier molecular flexibility index (Phi) is 4.31. The Labute approximate surface area is 127 Å². The molecule has 0 saturated carbocycles. The topological polar surface area (TPSA) is 46.2 Å². The quantitative estimate of drug-likeness (QED) is 0.865. The van der Waals surface area contributed by atoms with Crippen molar-refractivity contribution in [2.24, 2.45) is 0 Å². The lowest BCUT2D eigenvalue weighted by Crippen LogP contribution is -2.15. The molecule has 1 N–H and O–H groups in total. The maximum absolute atomic E-state index is 13.7. The highest BCUT2D eigenvalue weighted by Gasteiger charge is 2.24. The predicted molar refractivity (Wildman–Crippen MR) is 76.3 cm³/mol. The van der Waals surface area contributed by atoms with Crippen LogP contribution in [0.15, 0.2) is 45.8 Å². The van der Waals surface area contributed by atoms with Gasteiger partial charge in [0.25, 0.3) is 10.0 Å². The molecule has 0 radical (unpaired) electrons. The predicted octanol–water partition coefficient (Wildman–Crippen LogP) is 4.18. The van der Waals surface area contributed by atoms with E-state index < -0.39 is 26.6 Å². The zero-order valence-electron chi connectivity index (χ0n) is 9.70. The van der Waals surface area contributed by atoms with Crippen molar-refractivity contribution in [1.82, 2.24) is 0 Å². The van der Waals surface area contributed by atoms with Crippen molar-refractivity contribution in [2.45, 2.75) is 4.90 Å². The van der Waals surface area contributed by atoms with Crippen LogP contribution in [0.2, 0.25) is 5.02 Å². The van der Waals surface area contributed by atoms with Gasteiger partial charge in [0.05, 0.1) is 10.7 Å². The van der Waals surface area contributed by atoms with E-state index in [0.717, 1.165) is 6.07 Å². The summed E-state index contributed by atoms with van der Waals surface area (Å²) in [6.45, 7) is 0. The van der Waals surface area contributed by atoms with E-state index in [1.54, 1.807) is 12.1 Å². The van der Waals surface area contributed by atoms with E-state index in [0.29, 0.717) is 6.07 Å². The first-order chi connectivity index (χ1) is 9.31. The fourth-order valence-corrected chi connectivity index (χ4v) is 4.01. The molecule has 20 heavy (non-hydrogen) atoms. The number of nitrogens with one attached hydrogen (secondary N) is 1. The number of hydrogen-bond donors (Lipinski definition) is 1. The lowest BCUT2D eigenvalue weighted by Gasteiger charge is -2.11. The Morgan fingerprint density at radius 2 is 1.80 bits per heavy atom. The normalized spacial score (nSPS) is 11.4. The van der Waals surface area contributed by atoms with Crippen LogP contribution in [0.4, 0.5) is 14.5 Å². The van der Waals surface area contributed by atoms with Crippen LogP contribution in [0.25, 0.3) is 0 Å². The third-order valence-corrected chi connectivity index (χ3v) is 5.01. The van der Waals surface area contributed by atoms with Crippen LogP contribution in [0.1, 0.15) is 0 Å². The molecule has 0 aliphatic heterocycles. The molecule has 2 rings (SSSR count). The molecule has 0 aromatic heterocycles. The molecule has 0 spiro atoms. The van der Waals surface area contributed by atoms with Crippen LogP contribution in [-0.2, 0) is 10.0 Å². The molecule has 0 aliphatic rings. The van der Waals surface area contributed by atoms with Gasteiger partial charge in [-0.15, -0.1) is 0 Å². The Hall–Kier alpha value is -1.18. The van der Waals surface area contributed by atoms with Gasteiger partial charge >= 0.3 is 0 Å². The molecule has 0 aliphatic carbocycles. The Bertz CT molecular complexity index is 745. The molecule has 106 valence electrons. The van der Waals surface area contributed by atoms with Gasteiger partial charge in [0.1, 0.15) is 16.5 Å². The van der Waals surface area contributed by atoms with Gasteiger partial charge in [0.2, 0.25) is 0 Å². The minimum atomic E-state index is -4.24. The van der Waals surface area contributed by atoms with E-state index in [4.69, 9.17) is 11.6 Å². The molecular weight excluding hydrogens is 376 g/mol. The van der Waals surface area contributed by atoms with Gasteiger partial charge < -0.3 is 0 Å². The number of para-hydroxylation sites is 1. The molecule has 0 amide bonds. The Morgan fingerprint density at radius 3 is 2.40 bits per heavy atom. The summed E-state index contributed by atoms with van der Waals surface area (Å²) in [6, 6.07) is 7.45. The summed E-state index contributed by atoms with van der Waals surface area (Å²) >= 11 is 8.66. The molecule has 0 fully saturated rings. The van der Waals surface area contributed by atoms with Crippen LogP contribution in [-0.4, -0.2) is 8.42 Å². The van der Waals surface area contributed by atoms with Crippen molar-refractivity contribution in [3.05, 3.63) is 57.5 Å². The number of benzene rings is 2. The van der Waals surface area contributed by atoms with Gasteiger partial charge in [-0.3, -0.25) is 4.72 Å². The minimum absolute atomic E-state index is 0.102. The molecule has 0 unspecified atom stereocenters. The van der Waals surface area contributed by atoms with Crippen LogP contribution in [0.3, 0.4) is 0 Å². The molecule has 3 nitrogen and oxygen atoms in total. The fraction of sp³-hybridized carbons (Fsp3) is 0. The van der Waals surface area contributed by atoms with Gasteiger partial charge in [0, 0.05) is 10.5 Å². The molecule has 2 aromatic carbocycles. The second-order valence-electron chi connectivity index (χ2n) is 3.78. The van der Waals surface area contributed by atoms with Gasteiger partial charge in [-0.25, -0.2) is 17.2 Å². The first kappa shape index (κ1) is 15.2. The van der Waals surface area contributed by atoms with Crippen LogP contribution in [0, 0.1) is 11.6 Å². The largest absolute Gasteiger partial charge is 0.278 e. The second-order valence-corrected chi connectivity index (χ2v) is 6.66. The summed E-state index contributed by atoms with van der Waals surface area (Å²) in [4.78, 5) is -0.682. The Balaban J connectivity index is 2.50. The molecule has 2 aromatic rings. The van der Waals surface area contributed by atoms with Crippen molar-refractivity contribution in [3.8, 4) is 0 Å². The smallest absolute Gasteiger partial charge is 0.266 e. The van der Waals surface area contributed by atoms with Crippen molar-refractivity contribution in [1.29, 1.82) is 0 Å². The van der Waals surface area contributed by atoms with Gasteiger partial charge in [-0.2, -0.15) is 0 Å². The average molecular weight is 383 g/mol. The SMILES string of the molecule is O=S(=O)(Nc1ccccc1Cl)c1c(F)cc(F)cc1Br. The monoisotopic (exact) mass is 381 g/mol. The van der Waals surface area contributed by atoms with Crippen LogP contribution < -0.4 is 4.72 Å². The second kappa shape index (κ2) is 5.67. The summed E-state index contributed by atoms with van der Waals surface area (Å²) in [7, 11) is -4.24. The van der Waals surface area contributed by atoms with Crippen molar-refractivity contribution in [2.75, 3.05) is 4.72 Å². The summed E-state index contributed by atoms with van der Waals surface area (Å²) in [6.07, 6.45) is 0. The van der Waals surface area contributed by atoms with Crippen LogP contribution in [0.5, 0.6) is 0 Å². The summed E-state index contributed by atoms with van der Waals surface area (Å²) in [5.74, 6) is -2.08. The van der Waals surface area contributed by atoms with E-state index in [1.165, 1.54) is 12.1 Å². The molecule has 0 bridgehead atoms. The summed E-state index contributed by atoms with van der Waals surface area (Å²) in [5.41, 5.74) is 0.102. The van der Waals surface area contributed by atoms with E-state index in [-0.39, 0.29) is 15.2 Å². The van der Waals surface area contributed by atoms with Crippen molar-refractivity contribution < 1.29 is 17.2 Å². The first-order valence-electron chi connectivity index (χ1n) is 5.23. The Morgan fingerprint density at radius 1 is 1.15 bits per heavy atom. The maximum Gasteiger partial charge on any atom is 0.266 e. The highest BCUT2D eigenvalue weighted by Crippen LogP contribution is 2.30. The third-order valence-electron chi connectivity index (χ3n) is 2.35. The molecule has 0 heterocycles. The lowest BCUT2D eigenvalue weighted by atomic mass is 10.3. The fourth-order valence-electron chi connectivity index (χ4n) is 1.53.